The van der Waals surface area contributed by atoms with Gasteiger partial charge >= 0.3 is 5.97 Å². The zero-order valence-corrected chi connectivity index (χ0v) is 47.3. The first kappa shape index (κ1) is 61.6. The minimum Gasteiger partial charge on any atom is -0.493 e. The standard InChI is InChI=1S/C58H92N4O14/c1-13-48-43(33-71-58-56(69-12)55(68-11)52(66)40(8)74-58)27-34(2)17-19-45(60-72-25-15-24-70-44-18-20-46-41(29-44)16-14-22-59-46)37(5)28-42(21-23-62-31-35(3)26-36(4)32-62)54(38(6)47(63)30-49(64)75-48)76-57-53(67)50(61(9)10)51(65)39(7)73-57/h14,16-20,22,27,29,35-40,42-43,47-48,50-58,63,65-67H,13,15,21,23-26,28,30-33H2,1-12H3/b19-17+,34-27+,60-45+/t35?,36?,37-,38?,39+,40+,42+,43?,47-,48-,50-,51+,52+,53+,54-,55+,56+,57-,58+/m1/s1. The van der Waals surface area contributed by atoms with E-state index in [2.05, 4.69) is 30.7 Å². The van der Waals surface area contributed by atoms with Gasteiger partial charge < -0.3 is 73.0 Å². The Kier molecular flexibility index (Phi) is 23.9. The topological polar surface area (TPSA) is 213 Å². The minimum absolute atomic E-state index is 0.0509. The first-order chi connectivity index (χ1) is 36.3. The second-order valence-electron chi connectivity index (χ2n) is 22.5. The van der Waals surface area contributed by atoms with Crippen LogP contribution in [-0.4, -0.2) is 194 Å². The lowest BCUT2D eigenvalue weighted by Gasteiger charge is -2.47. The Hall–Kier alpha value is -3.63. The number of benzene rings is 1. The maximum atomic E-state index is 14.2. The van der Waals surface area contributed by atoms with Crippen LogP contribution < -0.4 is 4.74 Å². The van der Waals surface area contributed by atoms with Crippen LogP contribution in [0.5, 0.6) is 5.75 Å². The van der Waals surface area contributed by atoms with E-state index in [1.54, 1.807) is 39.0 Å². The maximum absolute atomic E-state index is 14.2. The highest BCUT2D eigenvalue weighted by Gasteiger charge is 2.48. The summed E-state index contributed by atoms with van der Waals surface area (Å²) in [6, 6.07) is 9.04. The number of carbonyl (C=O) groups is 1. The highest BCUT2D eigenvalue weighted by atomic mass is 16.7. The number of oxime groups is 1. The summed E-state index contributed by atoms with van der Waals surface area (Å²) in [4.78, 5) is 29.0. The van der Waals surface area contributed by atoms with Gasteiger partial charge in [-0.25, -0.2) is 0 Å². The van der Waals surface area contributed by atoms with E-state index in [-0.39, 0.29) is 24.9 Å². The number of methoxy groups -OCH3 is 2. The number of pyridine rings is 1. The molecule has 0 bridgehead atoms. The normalized spacial score (nSPS) is 38.4. The fourth-order valence-corrected chi connectivity index (χ4v) is 11.7. The van der Waals surface area contributed by atoms with E-state index < -0.39 is 97.5 Å². The molecule has 0 spiro atoms. The lowest BCUT2D eigenvalue weighted by Crippen LogP contribution is -2.63. The molecule has 428 valence electrons. The number of hydrogen-bond acceptors (Lipinski definition) is 18. The van der Waals surface area contributed by atoms with Crippen molar-refractivity contribution in [3.8, 4) is 5.75 Å². The molecule has 2 aromatic rings. The third-order valence-electron chi connectivity index (χ3n) is 15.9. The van der Waals surface area contributed by atoms with Gasteiger partial charge in [0.05, 0.1) is 67.4 Å². The van der Waals surface area contributed by atoms with Crippen molar-refractivity contribution in [1.29, 1.82) is 0 Å². The molecule has 0 amide bonds. The lowest BCUT2D eigenvalue weighted by atomic mass is 9.79. The number of aliphatic hydroxyl groups excluding tert-OH is 4. The number of esters is 1. The van der Waals surface area contributed by atoms with Crippen molar-refractivity contribution in [3.63, 3.8) is 0 Å². The number of fused-ring (bicyclic) bond motifs is 1. The summed E-state index contributed by atoms with van der Waals surface area (Å²) in [6.07, 6.45) is 0.116. The van der Waals surface area contributed by atoms with Crippen LogP contribution in [0.15, 0.2) is 65.5 Å². The molecule has 1 aromatic heterocycles. The van der Waals surface area contributed by atoms with Gasteiger partial charge in [-0.05, 0) is 115 Å². The van der Waals surface area contributed by atoms with Crippen LogP contribution in [0.4, 0.5) is 0 Å². The number of allylic oxidation sites excluding steroid dienone is 3. The molecule has 4 aliphatic rings. The smallest absolute Gasteiger partial charge is 0.308 e. The van der Waals surface area contributed by atoms with Crippen LogP contribution in [0.1, 0.15) is 93.9 Å². The van der Waals surface area contributed by atoms with E-state index in [0.717, 1.165) is 48.3 Å². The molecule has 3 fully saturated rings. The summed E-state index contributed by atoms with van der Waals surface area (Å²) in [5, 5.41) is 52.0. The molecule has 19 atom stereocenters. The monoisotopic (exact) mass is 1070 g/mol. The van der Waals surface area contributed by atoms with Crippen molar-refractivity contribution in [2.45, 2.75) is 174 Å². The van der Waals surface area contributed by atoms with Gasteiger partial charge in [0, 0.05) is 63.1 Å². The Morgan fingerprint density at radius 3 is 2.26 bits per heavy atom. The average Bonchev–Trinajstić information content (AvgIpc) is 3.38. The summed E-state index contributed by atoms with van der Waals surface area (Å²) in [6.45, 7) is 19.4. The number of ether oxygens (including phenoxy) is 8. The molecule has 5 heterocycles. The Bertz CT molecular complexity index is 2170. The second kappa shape index (κ2) is 29.5. The van der Waals surface area contributed by atoms with Gasteiger partial charge in [-0.2, -0.15) is 0 Å². The highest BCUT2D eigenvalue weighted by molar-refractivity contribution is 5.96. The molecule has 1 aromatic carbocycles. The van der Waals surface area contributed by atoms with Crippen LogP contribution in [0.3, 0.4) is 0 Å². The molecule has 3 saturated heterocycles. The zero-order chi connectivity index (χ0) is 55.2. The molecule has 4 aliphatic heterocycles. The van der Waals surface area contributed by atoms with Crippen molar-refractivity contribution >= 4 is 22.6 Å². The Labute approximate surface area is 452 Å². The lowest BCUT2D eigenvalue weighted by molar-refractivity contribution is -0.304. The van der Waals surface area contributed by atoms with Gasteiger partial charge in [0.1, 0.15) is 42.9 Å². The minimum atomic E-state index is -1.24. The van der Waals surface area contributed by atoms with Crippen molar-refractivity contribution in [3.05, 3.63) is 60.3 Å². The number of piperidine rings is 1. The number of carbonyl (C=O) groups excluding carboxylic acids is 1. The third kappa shape index (κ3) is 16.7. The van der Waals surface area contributed by atoms with Crippen LogP contribution >= 0.6 is 0 Å². The summed E-state index contributed by atoms with van der Waals surface area (Å²) in [5.41, 5.74) is 2.42. The quantitative estimate of drug-likeness (QED) is 0.0748. The number of aliphatic hydroxyl groups is 4. The van der Waals surface area contributed by atoms with E-state index >= 15 is 0 Å². The number of hydrogen-bond donors (Lipinski definition) is 4. The van der Waals surface area contributed by atoms with Crippen LogP contribution in [-0.2, 0) is 42.8 Å². The Morgan fingerprint density at radius 1 is 0.855 bits per heavy atom. The molecular formula is C58H92N4O14. The van der Waals surface area contributed by atoms with Gasteiger partial charge in [-0.15, -0.1) is 0 Å². The number of aromatic nitrogens is 1. The Morgan fingerprint density at radius 2 is 1.57 bits per heavy atom. The average molecular weight is 1070 g/mol. The van der Waals surface area contributed by atoms with Gasteiger partial charge in [0.15, 0.2) is 12.6 Å². The predicted molar refractivity (Wildman–Crippen MR) is 289 cm³/mol. The first-order valence-corrected chi connectivity index (χ1v) is 27.8. The number of likely N-dealkylation sites (N-methyl/N-ethyl adjacent to an activating group) is 1. The molecule has 76 heavy (non-hydrogen) atoms. The Balaban J connectivity index is 1.34. The van der Waals surface area contributed by atoms with Crippen molar-refractivity contribution in [1.82, 2.24) is 14.8 Å². The number of rotatable bonds is 18. The molecule has 18 heteroatoms. The number of likely N-dealkylation sites (tertiary alicyclic amines) is 1. The second-order valence-corrected chi connectivity index (χ2v) is 22.5. The molecule has 4 unspecified atom stereocenters. The maximum Gasteiger partial charge on any atom is 0.308 e. The first-order valence-electron chi connectivity index (χ1n) is 27.8. The molecule has 0 radical (unpaired) electrons. The fourth-order valence-electron chi connectivity index (χ4n) is 11.7. The number of cyclic esters (lactones) is 1. The molecule has 0 aliphatic carbocycles. The van der Waals surface area contributed by atoms with Crippen molar-refractivity contribution in [2.24, 2.45) is 40.7 Å². The molecule has 18 nitrogen and oxygen atoms in total. The van der Waals surface area contributed by atoms with Gasteiger partial charge in [0.2, 0.25) is 0 Å². The SMILES string of the molecule is CC[C@H]1OC(=O)C[C@@H](O)C(C)[C@@H](O[C@H]2O[C@@H](C)[C@H](O)[C@@H](N(C)C)[C@@H]2O)[C@@H](CCN2CC(C)CC(C)C2)C[C@@H](C)C(=N/OCCCOc2ccc3ncccc3c2)/C=C/C(C)=C/C1CO[C@H]1O[C@@H](C)[C@H](O)[C@H](OC)[C@@H]1OC. The van der Waals surface area contributed by atoms with E-state index in [1.165, 1.54) is 14.2 Å². The van der Waals surface area contributed by atoms with E-state index in [9.17, 15) is 25.2 Å². The van der Waals surface area contributed by atoms with E-state index in [0.29, 0.717) is 56.4 Å². The van der Waals surface area contributed by atoms with Crippen molar-refractivity contribution < 1.29 is 68.0 Å². The van der Waals surface area contributed by atoms with Gasteiger partial charge in [-0.1, -0.05) is 63.6 Å². The summed E-state index contributed by atoms with van der Waals surface area (Å²) in [7, 11) is 6.61. The predicted octanol–water partition coefficient (Wildman–Crippen LogP) is 6.16. The summed E-state index contributed by atoms with van der Waals surface area (Å²) in [5.74, 6) is -0.407. The summed E-state index contributed by atoms with van der Waals surface area (Å²) < 4.78 is 49.6. The molecule has 6 rings (SSSR count). The summed E-state index contributed by atoms with van der Waals surface area (Å²) >= 11 is 0. The van der Waals surface area contributed by atoms with Crippen molar-refractivity contribution in [2.75, 3.05) is 67.8 Å². The zero-order valence-electron chi connectivity index (χ0n) is 47.3. The largest absolute Gasteiger partial charge is 0.493 e. The molecular weight excluding hydrogens is 977 g/mol. The fraction of sp³-hybridized carbons (Fsp3) is 0.741. The molecule has 4 N–H and O–H groups in total. The van der Waals surface area contributed by atoms with Crippen LogP contribution in [0, 0.1) is 35.5 Å². The number of nitrogens with zero attached hydrogens (tertiary/aromatic N) is 4. The van der Waals surface area contributed by atoms with E-state index in [1.807, 2.05) is 69.3 Å². The van der Waals surface area contributed by atoms with Gasteiger partial charge in [0.25, 0.3) is 0 Å². The van der Waals surface area contributed by atoms with Crippen LogP contribution in [0.25, 0.3) is 10.9 Å². The van der Waals surface area contributed by atoms with E-state index in [4.69, 9.17) is 47.9 Å². The van der Waals surface area contributed by atoms with Gasteiger partial charge in [-0.3, -0.25) is 9.78 Å². The highest BCUT2D eigenvalue weighted by Crippen LogP contribution is 2.36. The molecule has 0 saturated carbocycles. The van der Waals surface area contributed by atoms with Crippen LogP contribution in [0.2, 0.25) is 0 Å². The third-order valence-corrected chi connectivity index (χ3v) is 15.9.